The standard InChI is InChI=1S/C8H6ClNO2S/c9-13(11,12)6-8-3-1-7(5-10)2-4-8/h1-4H,6H2. The van der Waals surface area contributed by atoms with E-state index in [-0.39, 0.29) is 5.75 Å². The van der Waals surface area contributed by atoms with E-state index in [1.807, 2.05) is 6.07 Å². The van der Waals surface area contributed by atoms with Crippen molar-refractivity contribution in [3.8, 4) is 6.07 Å². The highest BCUT2D eigenvalue weighted by molar-refractivity contribution is 8.13. The third kappa shape index (κ3) is 3.45. The van der Waals surface area contributed by atoms with Gasteiger partial charge in [-0.15, -0.1) is 0 Å². The lowest BCUT2D eigenvalue weighted by atomic mass is 10.2. The molecule has 0 spiro atoms. The SMILES string of the molecule is N#Cc1ccc(CS(=O)(=O)Cl)cc1. The molecule has 1 rings (SSSR count). The lowest BCUT2D eigenvalue weighted by Crippen LogP contribution is -1.94. The number of hydrogen-bond donors (Lipinski definition) is 0. The zero-order valence-electron chi connectivity index (χ0n) is 6.57. The van der Waals surface area contributed by atoms with Gasteiger partial charge < -0.3 is 0 Å². The van der Waals surface area contributed by atoms with Gasteiger partial charge in [-0.3, -0.25) is 0 Å². The molecule has 0 atom stereocenters. The third-order valence-electron chi connectivity index (χ3n) is 1.42. The van der Waals surface area contributed by atoms with Crippen LogP contribution in [0.5, 0.6) is 0 Å². The van der Waals surface area contributed by atoms with Gasteiger partial charge in [-0.25, -0.2) is 8.42 Å². The minimum atomic E-state index is -3.51. The first-order valence-corrected chi connectivity index (χ1v) is 5.90. The maximum absolute atomic E-state index is 10.7. The first-order chi connectivity index (χ1) is 6.01. The molecule has 0 aliphatic heterocycles. The summed E-state index contributed by atoms with van der Waals surface area (Å²) >= 11 is 0. The lowest BCUT2D eigenvalue weighted by Gasteiger charge is -1.96. The van der Waals surface area contributed by atoms with Crippen LogP contribution in [0.4, 0.5) is 0 Å². The zero-order chi connectivity index (χ0) is 9.90. The fourth-order valence-corrected chi connectivity index (χ4v) is 1.84. The van der Waals surface area contributed by atoms with E-state index < -0.39 is 9.05 Å². The Morgan fingerprint density at radius 1 is 1.31 bits per heavy atom. The summed E-state index contributed by atoms with van der Waals surface area (Å²) in [6, 6.07) is 8.18. The van der Waals surface area contributed by atoms with Crippen molar-refractivity contribution < 1.29 is 8.42 Å². The van der Waals surface area contributed by atoms with Crippen molar-refractivity contribution in [2.45, 2.75) is 5.75 Å². The first-order valence-electron chi connectivity index (χ1n) is 3.42. The first kappa shape index (κ1) is 10.0. The summed E-state index contributed by atoms with van der Waals surface area (Å²) in [6.07, 6.45) is 0. The molecule has 0 aliphatic carbocycles. The summed E-state index contributed by atoms with van der Waals surface area (Å²) in [6.45, 7) is 0. The predicted molar refractivity (Wildman–Crippen MR) is 49.6 cm³/mol. The highest BCUT2D eigenvalue weighted by atomic mass is 35.7. The highest BCUT2D eigenvalue weighted by Crippen LogP contribution is 2.10. The van der Waals surface area contributed by atoms with E-state index in [0.29, 0.717) is 11.1 Å². The Hall–Kier alpha value is -1.05. The largest absolute Gasteiger partial charge is 0.236 e. The van der Waals surface area contributed by atoms with Crippen LogP contribution in [0.3, 0.4) is 0 Å². The molecule has 0 N–H and O–H groups in total. The van der Waals surface area contributed by atoms with Crippen LogP contribution in [0.2, 0.25) is 0 Å². The predicted octanol–water partition coefficient (Wildman–Crippen LogP) is 1.63. The molecule has 0 saturated carbocycles. The Balaban J connectivity index is 2.89. The van der Waals surface area contributed by atoms with Crippen LogP contribution < -0.4 is 0 Å². The van der Waals surface area contributed by atoms with E-state index in [4.69, 9.17) is 15.9 Å². The maximum Gasteiger partial charge on any atom is 0.236 e. The number of nitrogens with zero attached hydrogens (tertiary/aromatic N) is 1. The second-order valence-electron chi connectivity index (χ2n) is 2.49. The Morgan fingerprint density at radius 2 is 1.85 bits per heavy atom. The van der Waals surface area contributed by atoms with Crippen molar-refractivity contribution in [2.24, 2.45) is 0 Å². The minimum absolute atomic E-state index is 0.208. The van der Waals surface area contributed by atoms with Crippen molar-refractivity contribution in [3.05, 3.63) is 35.4 Å². The molecule has 0 radical (unpaired) electrons. The van der Waals surface area contributed by atoms with Gasteiger partial charge >= 0.3 is 0 Å². The van der Waals surface area contributed by atoms with Crippen LogP contribution in [-0.4, -0.2) is 8.42 Å². The Morgan fingerprint density at radius 3 is 2.23 bits per heavy atom. The molecule has 0 aromatic heterocycles. The monoisotopic (exact) mass is 215 g/mol. The number of benzene rings is 1. The molecule has 0 saturated heterocycles. The van der Waals surface area contributed by atoms with Crippen LogP contribution in [0.25, 0.3) is 0 Å². The number of nitriles is 1. The number of rotatable bonds is 2. The molecule has 0 amide bonds. The van der Waals surface area contributed by atoms with E-state index in [1.54, 1.807) is 24.3 Å². The molecule has 0 unspecified atom stereocenters. The summed E-state index contributed by atoms with van der Waals surface area (Å²) in [7, 11) is 1.54. The van der Waals surface area contributed by atoms with Gasteiger partial charge in [-0.2, -0.15) is 5.26 Å². The molecule has 1 aromatic rings. The van der Waals surface area contributed by atoms with Gasteiger partial charge in [-0.1, -0.05) is 12.1 Å². The van der Waals surface area contributed by atoms with Gasteiger partial charge in [0.15, 0.2) is 0 Å². The second kappa shape index (κ2) is 3.77. The van der Waals surface area contributed by atoms with Gasteiger partial charge in [-0.05, 0) is 17.7 Å². The average molecular weight is 216 g/mol. The van der Waals surface area contributed by atoms with E-state index in [1.165, 1.54) is 0 Å². The molecule has 0 fully saturated rings. The molecule has 13 heavy (non-hydrogen) atoms. The van der Waals surface area contributed by atoms with Crippen molar-refractivity contribution in [3.63, 3.8) is 0 Å². The fourth-order valence-electron chi connectivity index (χ4n) is 0.875. The summed E-state index contributed by atoms with van der Waals surface area (Å²) in [5.41, 5.74) is 1.07. The van der Waals surface area contributed by atoms with Crippen molar-refractivity contribution in [2.75, 3.05) is 0 Å². The smallest absolute Gasteiger partial charge is 0.212 e. The van der Waals surface area contributed by atoms with Gasteiger partial charge in [0, 0.05) is 10.7 Å². The Labute approximate surface area is 81.0 Å². The van der Waals surface area contributed by atoms with Gasteiger partial charge in [0.25, 0.3) is 0 Å². The van der Waals surface area contributed by atoms with Crippen LogP contribution in [-0.2, 0) is 14.8 Å². The summed E-state index contributed by atoms with van der Waals surface area (Å²) in [5.74, 6) is -0.208. The molecular formula is C8H6ClNO2S. The molecule has 0 bridgehead atoms. The summed E-state index contributed by atoms with van der Waals surface area (Å²) in [4.78, 5) is 0. The summed E-state index contributed by atoms with van der Waals surface area (Å²) < 4.78 is 21.3. The lowest BCUT2D eigenvalue weighted by molar-refractivity contribution is 0.609. The zero-order valence-corrected chi connectivity index (χ0v) is 8.14. The van der Waals surface area contributed by atoms with Gasteiger partial charge in [0.2, 0.25) is 9.05 Å². The van der Waals surface area contributed by atoms with Crippen molar-refractivity contribution in [1.82, 2.24) is 0 Å². The average Bonchev–Trinajstić information content (AvgIpc) is 2.03. The molecular weight excluding hydrogens is 210 g/mol. The maximum atomic E-state index is 10.7. The molecule has 5 heteroatoms. The van der Waals surface area contributed by atoms with Crippen molar-refractivity contribution >= 4 is 19.7 Å². The van der Waals surface area contributed by atoms with Gasteiger partial charge in [0.05, 0.1) is 17.4 Å². The van der Waals surface area contributed by atoms with Crippen molar-refractivity contribution in [1.29, 1.82) is 5.26 Å². The van der Waals surface area contributed by atoms with E-state index >= 15 is 0 Å². The number of halogens is 1. The molecule has 0 heterocycles. The van der Waals surface area contributed by atoms with E-state index in [2.05, 4.69) is 0 Å². The number of hydrogen-bond acceptors (Lipinski definition) is 3. The second-order valence-corrected chi connectivity index (χ2v) is 5.27. The Kier molecular flexibility index (Phi) is 2.91. The topological polar surface area (TPSA) is 57.9 Å². The summed E-state index contributed by atoms with van der Waals surface area (Å²) in [5, 5.41) is 8.47. The molecule has 3 nitrogen and oxygen atoms in total. The Bertz CT molecular complexity index is 430. The fraction of sp³-hybridized carbons (Fsp3) is 0.125. The molecule has 68 valence electrons. The van der Waals surface area contributed by atoms with E-state index in [0.717, 1.165) is 0 Å². The van der Waals surface area contributed by atoms with Crippen LogP contribution >= 0.6 is 10.7 Å². The molecule has 0 aliphatic rings. The molecule has 1 aromatic carbocycles. The normalized spacial score (nSPS) is 10.8. The highest BCUT2D eigenvalue weighted by Gasteiger charge is 2.06. The minimum Gasteiger partial charge on any atom is -0.212 e. The van der Waals surface area contributed by atoms with E-state index in [9.17, 15) is 8.42 Å². The third-order valence-corrected chi connectivity index (χ3v) is 2.43. The van der Waals surface area contributed by atoms with Crippen LogP contribution in [0.15, 0.2) is 24.3 Å². The van der Waals surface area contributed by atoms with Crippen LogP contribution in [0, 0.1) is 11.3 Å². The van der Waals surface area contributed by atoms with Gasteiger partial charge in [0.1, 0.15) is 0 Å². The quantitative estimate of drug-likeness (QED) is 0.705. The van der Waals surface area contributed by atoms with Crippen LogP contribution in [0.1, 0.15) is 11.1 Å².